The summed E-state index contributed by atoms with van der Waals surface area (Å²) >= 11 is 0. The van der Waals surface area contributed by atoms with Crippen LogP contribution < -0.4 is 11.1 Å². The number of hydrogen-bond donors (Lipinski definition) is 2. The molecule has 3 N–H and O–H groups in total. The molecule has 2 heterocycles. The van der Waals surface area contributed by atoms with Gasteiger partial charge in [-0.3, -0.25) is 4.79 Å². The van der Waals surface area contributed by atoms with E-state index in [9.17, 15) is 4.79 Å². The van der Waals surface area contributed by atoms with Gasteiger partial charge in [-0.1, -0.05) is 0 Å². The fourth-order valence-electron chi connectivity index (χ4n) is 1.71. The van der Waals surface area contributed by atoms with Gasteiger partial charge in [0.15, 0.2) is 0 Å². The van der Waals surface area contributed by atoms with Crippen molar-refractivity contribution in [3.05, 3.63) is 0 Å². The Labute approximate surface area is 72.1 Å². The SMILES string of the molecule is N[C@@H]1CCN(C(=O)C2CNC2)C1. The van der Waals surface area contributed by atoms with Crippen molar-refractivity contribution in [3.8, 4) is 0 Å². The number of nitrogens with one attached hydrogen (secondary N) is 1. The van der Waals surface area contributed by atoms with Crippen molar-refractivity contribution >= 4 is 5.91 Å². The zero-order valence-electron chi connectivity index (χ0n) is 7.12. The van der Waals surface area contributed by atoms with Crippen LogP contribution in [0.25, 0.3) is 0 Å². The van der Waals surface area contributed by atoms with Crippen LogP contribution in [0.5, 0.6) is 0 Å². The van der Waals surface area contributed by atoms with Gasteiger partial charge < -0.3 is 16.0 Å². The molecule has 4 heteroatoms. The van der Waals surface area contributed by atoms with E-state index in [1.807, 2.05) is 4.90 Å². The molecule has 0 saturated carbocycles. The number of likely N-dealkylation sites (tertiary alicyclic amines) is 1. The highest BCUT2D eigenvalue weighted by molar-refractivity contribution is 5.80. The summed E-state index contributed by atoms with van der Waals surface area (Å²) in [5.74, 6) is 0.525. The molecular formula is C8H15N3O. The van der Waals surface area contributed by atoms with Gasteiger partial charge in [0, 0.05) is 32.2 Å². The lowest BCUT2D eigenvalue weighted by atomic mass is 10.0. The molecule has 2 fully saturated rings. The molecule has 1 atom stereocenters. The van der Waals surface area contributed by atoms with Crippen LogP contribution in [-0.2, 0) is 4.79 Å². The lowest BCUT2D eigenvalue weighted by Crippen LogP contribution is -2.51. The summed E-state index contributed by atoms with van der Waals surface area (Å²) in [7, 11) is 0. The van der Waals surface area contributed by atoms with Crippen molar-refractivity contribution in [2.45, 2.75) is 12.5 Å². The van der Waals surface area contributed by atoms with Crippen LogP contribution in [0.4, 0.5) is 0 Å². The van der Waals surface area contributed by atoms with Gasteiger partial charge in [0.1, 0.15) is 0 Å². The first-order valence-electron chi connectivity index (χ1n) is 4.52. The smallest absolute Gasteiger partial charge is 0.228 e. The van der Waals surface area contributed by atoms with Gasteiger partial charge in [-0.05, 0) is 6.42 Å². The van der Waals surface area contributed by atoms with Gasteiger partial charge in [-0.15, -0.1) is 0 Å². The van der Waals surface area contributed by atoms with Crippen molar-refractivity contribution in [2.75, 3.05) is 26.2 Å². The molecular weight excluding hydrogens is 154 g/mol. The molecule has 4 nitrogen and oxygen atoms in total. The van der Waals surface area contributed by atoms with Crippen LogP contribution in [-0.4, -0.2) is 43.0 Å². The highest BCUT2D eigenvalue weighted by atomic mass is 16.2. The fourth-order valence-corrected chi connectivity index (χ4v) is 1.71. The number of nitrogens with zero attached hydrogens (tertiary/aromatic N) is 1. The Morgan fingerprint density at radius 3 is 2.67 bits per heavy atom. The van der Waals surface area contributed by atoms with Crippen molar-refractivity contribution in [2.24, 2.45) is 11.7 Å². The van der Waals surface area contributed by atoms with Crippen molar-refractivity contribution in [3.63, 3.8) is 0 Å². The van der Waals surface area contributed by atoms with Gasteiger partial charge in [0.25, 0.3) is 0 Å². The average Bonchev–Trinajstić information content (AvgIpc) is 2.31. The van der Waals surface area contributed by atoms with Crippen molar-refractivity contribution < 1.29 is 4.79 Å². The fraction of sp³-hybridized carbons (Fsp3) is 0.875. The molecule has 0 aromatic heterocycles. The molecule has 2 rings (SSSR count). The third-order valence-electron chi connectivity index (χ3n) is 2.67. The van der Waals surface area contributed by atoms with E-state index >= 15 is 0 Å². The zero-order chi connectivity index (χ0) is 8.55. The normalized spacial score (nSPS) is 30.4. The van der Waals surface area contributed by atoms with Gasteiger partial charge in [0.2, 0.25) is 5.91 Å². The lowest BCUT2D eigenvalue weighted by Gasteiger charge is -2.30. The highest BCUT2D eigenvalue weighted by Crippen LogP contribution is 2.13. The number of amides is 1. The summed E-state index contributed by atoms with van der Waals surface area (Å²) in [6.45, 7) is 3.32. The molecule has 0 unspecified atom stereocenters. The molecule has 0 aromatic carbocycles. The minimum atomic E-state index is 0.210. The van der Waals surface area contributed by atoms with Crippen molar-refractivity contribution in [1.82, 2.24) is 10.2 Å². The molecule has 2 aliphatic heterocycles. The van der Waals surface area contributed by atoms with Crippen LogP contribution in [0.3, 0.4) is 0 Å². The zero-order valence-corrected chi connectivity index (χ0v) is 7.12. The monoisotopic (exact) mass is 169 g/mol. The van der Waals surface area contributed by atoms with E-state index in [1.165, 1.54) is 0 Å². The summed E-state index contributed by atoms with van der Waals surface area (Å²) in [6, 6.07) is 0.210. The molecule has 0 aromatic rings. The van der Waals surface area contributed by atoms with Crippen molar-refractivity contribution in [1.29, 1.82) is 0 Å². The maximum absolute atomic E-state index is 11.6. The number of nitrogens with two attached hydrogens (primary N) is 1. The Morgan fingerprint density at radius 1 is 1.50 bits per heavy atom. The van der Waals surface area contributed by atoms with E-state index in [4.69, 9.17) is 5.73 Å². The van der Waals surface area contributed by atoms with Crippen LogP contribution in [0.15, 0.2) is 0 Å². The van der Waals surface area contributed by atoms with Gasteiger partial charge in [0.05, 0.1) is 5.92 Å². The minimum Gasteiger partial charge on any atom is -0.341 e. The first kappa shape index (κ1) is 8.01. The predicted molar refractivity (Wildman–Crippen MR) is 45.5 cm³/mol. The van der Waals surface area contributed by atoms with E-state index in [1.54, 1.807) is 0 Å². The summed E-state index contributed by atoms with van der Waals surface area (Å²) in [5.41, 5.74) is 5.71. The highest BCUT2D eigenvalue weighted by Gasteiger charge is 2.32. The Morgan fingerprint density at radius 2 is 2.25 bits per heavy atom. The first-order chi connectivity index (χ1) is 5.77. The van der Waals surface area contributed by atoms with Crippen LogP contribution >= 0.6 is 0 Å². The lowest BCUT2D eigenvalue weighted by molar-refractivity contribution is -0.136. The van der Waals surface area contributed by atoms with E-state index < -0.39 is 0 Å². The van der Waals surface area contributed by atoms with E-state index in [2.05, 4.69) is 5.32 Å². The van der Waals surface area contributed by atoms with E-state index in [0.29, 0.717) is 5.91 Å². The third kappa shape index (κ3) is 1.32. The summed E-state index contributed by atoms with van der Waals surface area (Å²) < 4.78 is 0. The molecule has 2 saturated heterocycles. The van der Waals surface area contributed by atoms with E-state index in [0.717, 1.165) is 32.6 Å². The maximum atomic E-state index is 11.6. The van der Waals surface area contributed by atoms with E-state index in [-0.39, 0.29) is 12.0 Å². The van der Waals surface area contributed by atoms with Crippen LogP contribution in [0, 0.1) is 5.92 Å². The molecule has 1 amide bonds. The predicted octanol–water partition coefficient (Wildman–Crippen LogP) is -1.23. The Bertz CT molecular complexity index is 191. The molecule has 0 radical (unpaired) electrons. The standard InChI is InChI=1S/C8H15N3O/c9-7-1-2-11(5-7)8(12)6-3-10-4-6/h6-7,10H,1-5,9H2/t7-/m1/s1. The topological polar surface area (TPSA) is 58.4 Å². The largest absolute Gasteiger partial charge is 0.341 e. The van der Waals surface area contributed by atoms with Gasteiger partial charge in [-0.25, -0.2) is 0 Å². The first-order valence-corrected chi connectivity index (χ1v) is 4.52. The van der Waals surface area contributed by atoms with Crippen LogP contribution in [0.1, 0.15) is 6.42 Å². The number of rotatable bonds is 1. The average molecular weight is 169 g/mol. The van der Waals surface area contributed by atoms with Gasteiger partial charge in [-0.2, -0.15) is 0 Å². The summed E-state index contributed by atoms with van der Waals surface area (Å²) in [4.78, 5) is 13.5. The Kier molecular flexibility index (Phi) is 2.02. The second-order valence-corrected chi connectivity index (χ2v) is 3.69. The molecule has 68 valence electrons. The molecule has 0 aliphatic carbocycles. The number of carbonyl (C=O) groups excluding carboxylic acids is 1. The Balaban J connectivity index is 1.87. The summed E-state index contributed by atoms with van der Waals surface area (Å²) in [6.07, 6.45) is 0.964. The van der Waals surface area contributed by atoms with Gasteiger partial charge >= 0.3 is 0 Å². The molecule has 0 spiro atoms. The molecule has 2 aliphatic rings. The number of hydrogen-bond acceptors (Lipinski definition) is 3. The summed E-state index contributed by atoms with van der Waals surface area (Å²) in [5, 5.41) is 3.10. The van der Waals surface area contributed by atoms with Crippen LogP contribution in [0.2, 0.25) is 0 Å². The molecule has 0 bridgehead atoms. The maximum Gasteiger partial charge on any atom is 0.228 e. The third-order valence-corrected chi connectivity index (χ3v) is 2.67. The second kappa shape index (κ2) is 3.03. The molecule has 12 heavy (non-hydrogen) atoms. The number of carbonyl (C=O) groups is 1. The Hall–Kier alpha value is -0.610. The quantitative estimate of drug-likeness (QED) is 0.516. The second-order valence-electron chi connectivity index (χ2n) is 3.69. The minimum absolute atomic E-state index is 0.210.